The quantitative estimate of drug-likeness (QED) is 0.420. The van der Waals surface area contributed by atoms with E-state index in [-0.39, 0.29) is 55.5 Å². The zero-order valence-corrected chi connectivity index (χ0v) is 18.1. The molecule has 164 valence electrons. The molecule has 0 aliphatic rings. The van der Waals surface area contributed by atoms with Crippen molar-refractivity contribution < 1.29 is 23.2 Å². The smallest absolute Gasteiger partial charge is 0.320 e. The number of aromatic nitrogens is 2. The van der Waals surface area contributed by atoms with Crippen LogP contribution in [0.25, 0.3) is 11.0 Å². The molecule has 0 saturated heterocycles. The lowest BCUT2D eigenvalue weighted by Crippen LogP contribution is -2.28. The Kier molecular flexibility index (Phi) is 7.27. The molecule has 0 fully saturated rings. The lowest BCUT2D eigenvalue weighted by Gasteiger charge is -2.17. The lowest BCUT2D eigenvalue weighted by atomic mass is 10.1. The predicted octanol–water partition coefficient (Wildman–Crippen LogP) is 4.77. The molecule has 0 aliphatic heterocycles. The average molecular weight is 448 g/mol. The van der Waals surface area contributed by atoms with Gasteiger partial charge in [-0.05, 0) is 31.2 Å². The van der Waals surface area contributed by atoms with Gasteiger partial charge in [-0.25, -0.2) is 4.98 Å². The molecule has 1 amide bonds. The zero-order chi connectivity index (χ0) is 22.5. The first kappa shape index (κ1) is 22.7. The summed E-state index contributed by atoms with van der Waals surface area (Å²) in [6.45, 7) is -0.968. The molecule has 0 spiro atoms. The van der Waals surface area contributed by atoms with Crippen LogP contribution in [0.4, 0.5) is 8.78 Å². The Morgan fingerprint density at radius 2 is 1.77 bits per heavy atom. The van der Waals surface area contributed by atoms with Gasteiger partial charge in [-0.1, -0.05) is 12.1 Å². The summed E-state index contributed by atoms with van der Waals surface area (Å²) >= 11 is 1.39. The van der Waals surface area contributed by atoms with E-state index < -0.39 is 6.55 Å². The third-order valence-electron chi connectivity index (χ3n) is 4.93. The van der Waals surface area contributed by atoms with Crippen LogP contribution in [-0.2, 0) is 16.1 Å². The highest BCUT2D eigenvalue weighted by molar-refractivity contribution is 7.14. The summed E-state index contributed by atoms with van der Waals surface area (Å²) < 4.78 is 27.8. The summed E-state index contributed by atoms with van der Waals surface area (Å²) in [5.41, 5.74) is 0.730. The summed E-state index contributed by atoms with van der Waals surface area (Å²) in [5.74, 6) is -0.527. The first-order valence-corrected chi connectivity index (χ1v) is 10.7. The molecule has 0 atom stereocenters. The minimum Gasteiger partial charge on any atom is -0.338 e. The molecular weight excluding hydrogens is 424 g/mol. The number of para-hydroxylation sites is 2. The Balaban J connectivity index is 1.52. The van der Waals surface area contributed by atoms with Crippen molar-refractivity contribution in [2.75, 3.05) is 7.05 Å². The van der Waals surface area contributed by atoms with Gasteiger partial charge >= 0.3 is 6.55 Å². The van der Waals surface area contributed by atoms with Gasteiger partial charge in [0.05, 0.1) is 22.5 Å². The van der Waals surface area contributed by atoms with E-state index in [2.05, 4.69) is 4.98 Å². The average Bonchev–Trinajstić information content (AvgIpc) is 3.33. The first-order chi connectivity index (χ1) is 14.8. The number of imidazole rings is 1. The molecule has 0 bridgehead atoms. The number of hydrogen-bond acceptors (Lipinski definition) is 5. The molecule has 3 rings (SSSR count). The number of amides is 1. The molecule has 0 unspecified atom stereocenters. The van der Waals surface area contributed by atoms with E-state index in [9.17, 15) is 23.2 Å². The summed E-state index contributed by atoms with van der Waals surface area (Å²) in [6, 6.07) is 10.2. The van der Waals surface area contributed by atoms with Crippen molar-refractivity contribution in [1.82, 2.24) is 14.5 Å². The van der Waals surface area contributed by atoms with Crippen molar-refractivity contribution in [3.63, 3.8) is 0 Å². The van der Waals surface area contributed by atoms with Crippen molar-refractivity contribution in [3.8, 4) is 0 Å². The Labute approximate surface area is 182 Å². The summed E-state index contributed by atoms with van der Waals surface area (Å²) in [7, 11) is 1.49. The number of Topliss-reactive ketones (excluding diaryl/α,β-unsaturated/α-hetero) is 2. The van der Waals surface area contributed by atoms with Gasteiger partial charge in [0.25, 0.3) is 0 Å². The second kappa shape index (κ2) is 9.91. The van der Waals surface area contributed by atoms with Gasteiger partial charge in [0, 0.05) is 37.6 Å². The minimum atomic E-state index is -2.78. The highest BCUT2D eigenvalue weighted by Gasteiger charge is 2.21. The number of halogens is 2. The topological polar surface area (TPSA) is 72.3 Å². The van der Waals surface area contributed by atoms with E-state index in [0.29, 0.717) is 15.9 Å². The number of carbonyl (C=O) groups excluding carboxylic acids is 3. The summed E-state index contributed by atoms with van der Waals surface area (Å²) in [6.07, 6.45) is 0.150. The molecule has 2 aromatic heterocycles. The molecule has 0 N–H and O–H groups in total. The molecule has 0 radical (unpaired) electrons. The standard InChI is InChI=1S/C22H23F2N3O3S/c1-14-7-11-19(31-14)18(29)10-8-15(28)9-12-21(30)26(2)13-20-25-16-5-3-4-6-17(16)27(20)22(23)24/h3-7,11,22H,8-10,12-13H2,1-2H3. The second-order valence-electron chi connectivity index (χ2n) is 7.29. The Morgan fingerprint density at radius 1 is 1.06 bits per heavy atom. The number of aryl methyl sites for hydroxylation is 1. The van der Waals surface area contributed by atoms with Gasteiger partial charge in [-0.3, -0.25) is 19.0 Å². The van der Waals surface area contributed by atoms with E-state index in [1.54, 1.807) is 30.3 Å². The van der Waals surface area contributed by atoms with Gasteiger partial charge in [0.15, 0.2) is 5.78 Å². The fourth-order valence-corrected chi connectivity index (χ4v) is 4.08. The maximum atomic E-state index is 13.5. The van der Waals surface area contributed by atoms with Gasteiger partial charge in [0.1, 0.15) is 11.6 Å². The van der Waals surface area contributed by atoms with Crippen LogP contribution in [0.2, 0.25) is 0 Å². The maximum absolute atomic E-state index is 13.5. The number of thiophene rings is 1. The molecule has 0 saturated carbocycles. The Bertz CT molecular complexity index is 1110. The van der Waals surface area contributed by atoms with Crippen LogP contribution in [0.5, 0.6) is 0 Å². The minimum absolute atomic E-state index is 0.00514. The normalized spacial score (nSPS) is 11.3. The number of rotatable bonds is 10. The highest BCUT2D eigenvalue weighted by Crippen LogP contribution is 2.24. The van der Waals surface area contributed by atoms with Gasteiger partial charge in [0.2, 0.25) is 5.91 Å². The fourth-order valence-electron chi connectivity index (χ4n) is 3.25. The molecule has 6 nitrogen and oxygen atoms in total. The number of benzene rings is 1. The number of hydrogen-bond donors (Lipinski definition) is 0. The molecule has 2 heterocycles. The Hall–Kier alpha value is -2.94. The molecule has 3 aromatic rings. The van der Waals surface area contributed by atoms with Gasteiger partial charge in [-0.15, -0.1) is 11.3 Å². The SMILES string of the molecule is Cc1ccc(C(=O)CCC(=O)CCC(=O)N(C)Cc2nc3ccccc3n2C(F)F)s1. The van der Waals surface area contributed by atoms with Crippen molar-refractivity contribution in [2.45, 2.75) is 45.7 Å². The number of fused-ring (bicyclic) bond motifs is 1. The third-order valence-corrected chi connectivity index (χ3v) is 5.97. The van der Waals surface area contributed by atoms with E-state index >= 15 is 0 Å². The number of carbonyl (C=O) groups is 3. The van der Waals surface area contributed by atoms with Crippen LogP contribution in [0.15, 0.2) is 36.4 Å². The zero-order valence-electron chi connectivity index (χ0n) is 17.3. The molecule has 0 aliphatic carbocycles. The van der Waals surface area contributed by atoms with Gasteiger partial charge in [-0.2, -0.15) is 8.78 Å². The number of ketones is 2. The van der Waals surface area contributed by atoms with Crippen molar-refractivity contribution in [1.29, 1.82) is 0 Å². The number of alkyl halides is 2. The largest absolute Gasteiger partial charge is 0.338 e. The van der Waals surface area contributed by atoms with E-state index in [4.69, 9.17) is 0 Å². The first-order valence-electron chi connectivity index (χ1n) is 9.85. The van der Waals surface area contributed by atoms with Crippen LogP contribution in [0, 0.1) is 6.92 Å². The highest BCUT2D eigenvalue weighted by atomic mass is 32.1. The molecular formula is C22H23F2N3O3S. The van der Waals surface area contributed by atoms with Crippen LogP contribution >= 0.6 is 11.3 Å². The van der Waals surface area contributed by atoms with E-state index in [0.717, 1.165) is 9.44 Å². The van der Waals surface area contributed by atoms with Crippen LogP contribution in [0.1, 0.15) is 52.6 Å². The maximum Gasteiger partial charge on any atom is 0.320 e. The van der Waals surface area contributed by atoms with E-state index in [1.165, 1.54) is 23.3 Å². The molecule has 9 heteroatoms. The van der Waals surface area contributed by atoms with Crippen molar-refractivity contribution in [3.05, 3.63) is 52.0 Å². The second-order valence-corrected chi connectivity index (χ2v) is 8.57. The Morgan fingerprint density at radius 3 is 2.45 bits per heavy atom. The van der Waals surface area contributed by atoms with Crippen molar-refractivity contribution >= 4 is 39.8 Å². The number of nitrogens with zero attached hydrogens (tertiary/aromatic N) is 3. The van der Waals surface area contributed by atoms with E-state index in [1.807, 2.05) is 13.0 Å². The fraction of sp³-hybridized carbons (Fsp3) is 0.364. The predicted molar refractivity (Wildman–Crippen MR) is 114 cm³/mol. The van der Waals surface area contributed by atoms with Crippen LogP contribution in [-0.4, -0.2) is 39.0 Å². The van der Waals surface area contributed by atoms with Gasteiger partial charge < -0.3 is 4.90 Å². The monoisotopic (exact) mass is 447 g/mol. The lowest BCUT2D eigenvalue weighted by molar-refractivity contribution is -0.132. The third kappa shape index (κ3) is 5.61. The van der Waals surface area contributed by atoms with Crippen molar-refractivity contribution in [2.24, 2.45) is 0 Å². The van der Waals surface area contributed by atoms with Crippen LogP contribution < -0.4 is 0 Å². The van der Waals surface area contributed by atoms with Crippen LogP contribution in [0.3, 0.4) is 0 Å². The molecule has 31 heavy (non-hydrogen) atoms. The summed E-state index contributed by atoms with van der Waals surface area (Å²) in [5, 5.41) is 0. The summed E-state index contributed by atoms with van der Waals surface area (Å²) in [4.78, 5) is 43.7. The molecule has 1 aromatic carbocycles.